The van der Waals surface area contributed by atoms with Gasteiger partial charge in [0.05, 0.1) is 33.3 Å². The van der Waals surface area contributed by atoms with Crippen LogP contribution in [0.1, 0.15) is 48.0 Å². The lowest BCUT2D eigenvalue weighted by Gasteiger charge is -2.40. The maximum absolute atomic E-state index is 14.4. The fourth-order valence-corrected chi connectivity index (χ4v) is 6.11. The second-order valence-electron chi connectivity index (χ2n) is 9.37. The number of nitrogens with one attached hydrogen (secondary N) is 2. The first-order chi connectivity index (χ1) is 16.0. The van der Waals surface area contributed by atoms with E-state index in [1.807, 2.05) is 12.1 Å². The van der Waals surface area contributed by atoms with Crippen molar-refractivity contribution in [3.05, 3.63) is 47.3 Å². The minimum absolute atomic E-state index is 0.0731. The Hall–Kier alpha value is -2.58. The average molecular weight is 469 g/mol. The first-order valence-corrected chi connectivity index (χ1v) is 12.3. The zero-order valence-corrected chi connectivity index (χ0v) is 19.8. The topological polar surface area (TPSA) is 64.7 Å². The molecule has 8 heteroatoms. The largest absolute Gasteiger partial charge is 0.387 e. The van der Waals surface area contributed by atoms with Gasteiger partial charge in [0.2, 0.25) is 0 Å². The van der Waals surface area contributed by atoms with Gasteiger partial charge in [-0.15, -0.1) is 0 Å². The molecule has 2 N–H and O–H groups in total. The molecule has 5 rings (SSSR count). The monoisotopic (exact) mass is 468 g/mol. The van der Waals surface area contributed by atoms with Crippen LogP contribution in [-0.4, -0.2) is 50.3 Å². The van der Waals surface area contributed by atoms with Crippen molar-refractivity contribution in [3.63, 3.8) is 0 Å². The Labute approximate surface area is 198 Å². The van der Waals surface area contributed by atoms with E-state index in [1.54, 1.807) is 18.0 Å². The molecule has 1 atom stereocenters. The SMILES string of the molecule is CNc1c2cc(cc1C1(C=O)CCC1)NSc1ccc(F)cc1N(C1CCCN(C)C1)C2=O. The van der Waals surface area contributed by atoms with E-state index in [1.165, 1.54) is 24.1 Å². The number of amides is 1. The Morgan fingerprint density at radius 1 is 1.24 bits per heavy atom. The molecule has 1 amide bonds. The van der Waals surface area contributed by atoms with Crippen molar-refractivity contribution in [3.8, 4) is 0 Å². The summed E-state index contributed by atoms with van der Waals surface area (Å²) in [5.74, 6) is -0.537. The minimum Gasteiger partial charge on any atom is -0.387 e. The zero-order chi connectivity index (χ0) is 23.2. The van der Waals surface area contributed by atoms with Crippen molar-refractivity contribution in [2.45, 2.75) is 48.5 Å². The van der Waals surface area contributed by atoms with Gasteiger partial charge < -0.3 is 24.6 Å². The van der Waals surface area contributed by atoms with Crippen LogP contribution < -0.4 is 14.9 Å². The van der Waals surface area contributed by atoms with E-state index in [2.05, 4.69) is 22.0 Å². The highest BCUT2D eigenvalue weighted by Crippen LogP contribution is 2.48. The Balaban J connectivity index is 1.71. The number of hydrogen-bond acceptors (Lipinski definition) is 6. The van der Waals surface area contributed by atoms with Crippen molar-refractivity contribution >= 4 is 41.2 Å². The van der Waals surface area contributed by atoms with Crippen molar-refractivity contribution in [2.75, 3.05) is 42.1 Å². The van der Waals surface area contributed by atoms with Crippen molar-refractivity contribution in [2.24, 2.45) is 0 Å². The van der Waals surface area contributed by atoms with Crippen LogP contribution in [0.3, 0.4) is 0 Å². The van der Waals surface area contributed by atoms with E-state index in [-0.39, 0.29) is 17.8 Å². The predicted octanol–water partition coefficient (Wildman–Crippen LogP) is 4.66. The molecule has 174 valence electrons. The minimum atomic E-state index is -0.571. The van der Waals surface area contributed by atoms with Crippen LogP contribution >= 0.6 is 11.9 Å². The van der Waals surface area contributed by atoms with Gasteiger partial charge in [-0.1, -0.05) is 6.42 Å². The molecule has 1 saturated heterocycles. The first-order valence-electron chi connectivity index (χ1n) is 11.5. The number of rotatable bonds is 4. The lowest BCUT2D eigenvalue weighted by atomic mass is 9.64. The number of halogens is 1. The Bertz CT molecular complexity index is 1100. The molecule has 1 unspecified atom stereocenters. The van der Waals surface area contributed by atoms with Gasteiger partial charge in [0, 0.05) is 19.3 Å². The van der Waals surface area contributed by atoms with Gasteiger partial charge >= 0.3 is 0 Å². The van der Waals surface area contributed by atoms with Gasteiger partial charge in [0.15, 0.2) is 0 Å². The van der Waals surface area contributed by atoms with E-state index in [0.29, 0.717) is 16.9 Å². The number of benzene rings is 2. The van der Waals surface area contributed by atoms with Crippen LogP contribution in [0.2, 0.25) is 0 Å². The summed E-state index contributed by atoms with van der Waals surface area (Å²) in [5.41, 5.74) is 2.84. The molecule has 1 aliphatic carbocycles. The summed E-state index contributed by atoms with van der Waals surface area (Å²) >= 11 is 1.37. The Kier molecular flexibility index (Phi) is 5.82. The highest BCUT2D eigenvalue weighted by molar-refractivity contribution is 8.00. The highest BCUT2D eigenvalue weighted by Gasteiger charge is 2.42. The molecule has 2 aromatic rings. The van der Waals surface area contributed by atoms with E-state index in [4.69, 9.17) is 0 Å². The quantitative estimate of drug-likeness (QED) is 0.503. The van der Waals surface area contributed by atoms with E-state index in [9.17, 15) is 14.0 Å². The van der Waals surface area contributed by atoms with Crippen molar-refractivity contribution in [1.82, 2.24) is 4.90 Å². The molecule has 2 heterocycles. The van der Waals surface area contributed by atoms with Gasteiger partial charge in [0.1, 0.15) is 12.1 Å². The fourth-order valence-electron chi connectivity index (χ4n) is 5.37. The molecular weight excluding hydrogens is 439 g/mol. The van der Waals surface area contributed by atoms with Crippen LogP contribution in [0.25, 0.3) is 0 Å². The molecule has 0 spiro atoms. The highest BCUT2D eigenvalue weighted by atomic mass is 32.2. The number of fused-ring (bicyclic) bond motifs is 3. The number of carbonyl (C=O) groups is 2. The number of hydrogen-bond donors (Lipinski definition) is 2. The first kappa shape index (κ1) is 22.2. The Morgan fingerprint density at radius 3 is 2.73 bits per heavy atom. The second-order valence-corrected chi connectivity index (χ2v) is 10.2. The average Bonchev–Trinajstić information content (AvgIpc) is 2.81. The summed E-state index contributed by atoms with van der Waals surface area (Å²) < 4.78 is 17.8. The van der Waals surface area contributed by atoms with Gasteiger partial charge in [-0.2, -0.15) is 0 Å². The maximum atomic E-state index is 14.4. The number of carbonyl (C=O) groups excluding carboxylic acids is 2. The molecule has 0 radical (unpaired) electrons. The van der Waals surface area contributed by atoms with Crippen molar-refractivity contribution < 1.29 is 14.0 Å². The summed E-state index contributed by atoms with van der Waals surface area (Å²) in [6.07, 6.45) is 5.40. The number of piperidine rings is 1. The molecule has 6 nitrogen and oxygen atoms in total. The fraction of sp³-hybridized carbons (Fsp3) is 0.440. The maximum Gasteiger partial charge on any atom is 0.260 e. The summed E-state index contributed by atoms with van der Waals surface area (Å²) in [6.45, 7) is 1.70. The molecule has 0 aromatic heterocycles. The zero-order valence-electron chi connectivity index (χ0n) is 19.0. The Morgan fingerprint density at radius 2 is 2.06 bits per heavy atom. The lowest BCUT2D eigenvalue weighted by Crippen LogP contribution is -2.50. The molecule has 3 aliphatic rings. The smallest absolute Gasteiger partial charge is 0.260 e. The molecule has 2 fully saturated rings. The third-order valence-corrected chi connectivity index (χ3v) is 8.17. The third kappa shape index (κ3) is 3.79. The van der Waals surface area contributed by atoms with Crippen LogP contribution in [-0.2, 0) is 10.2 Å². The summed E-state index contributed by atoms with van der Waals surface area (Å²) in [4.78, 5) is 31.2. The predicted molar refractivity (Wildman–Crippen MR) is 131 cm³/mol. The van der Waals surface area contributed by atoms with Crippen LogP contribution in [0.5, 0.6) is 0 Å². The third-order valence-electron chi connectivity index (χ3n) is 7.27. The summed E-state index contributed by atoms with van der Waals surface area (Å²) in [6, 6.07) is 8.37. The molecule has 33 heavy (non-hydrogen) atoms. The number of nitrogens with zero attached hydrogens (tertiary/aromatic N) is 2. The van der Waals surface area contributed by atoms with Gasteiger partial charge in [-0.3, -0.25) is 4.79 Å². The summed E-state index contributed by atoms with van der Waals surface area (Å²) in [5, 5.41) is 3.23. The number of anilines is 3. The second kappa shape index (κ2) is 8.65. The lowest BCUT2D eigenvalue weighted by molar-refractivity contribution is -0.115. The number of likely N-dealkylation sites (tertiary alicyclic amines) is 1. The molecule has 2 aromatic carbocycles. The molecular formula is C25H29FN4O2S. The van der Waals surface area contributed by atoms with Crippen LogP contribution in [0, 0.1) is 5.82 Å². The molecule has 1 saturated carbocycles. The molecule has 2 bridgehead atoms. The van der Waals surface area contributed by atoms with E-state index < -0.39 is 5.41 Å². The van der Waals surface area contributed by atoms with Crippen molar-refractivity contribution in [1.29, 1.82) is 0 Å². The summed E-state index contributed by atoms with van der Waals surface area (Å²) in [7, 11) is 3.85. The van der Waals surface area contributed by atoms with Crippen LogP contribution in [0.15, 0.2) is 35.2 Å². The van der Waals surface area contributed by atoms with Crippen LogP contribution in [0.4, 0.5) is 21.5 Å². The van der Waals surface area contributed by atoms with E-state index >= 15 is 0 Å². The molecule has 2 aliphatic heterocycles. The van der Waals surface area contributed by atoms with E-state index in [0.717, 1.165) is 67.6 Å². The van der Waals surface area contributed by atoms with Gasteiger partial charge in [0.25, 0.3) is 5.91 Å². The number of likely N-dealkylation sites (N-methyl/N-ethyl adjacent to an activating group) is 1. The van der Waals surface area contributed by atoms with Gasteiger partial charge in [-0.05, 0) is 87.1 Å². The normalized spacial score (nSPS) is 22.2. The number of aldehydes is 1. The van der Waals surface area contributed by atoms with Gasteiger partial charge in [-0.25, -0.2) is 4.39 Å². The standard InChI is InChI=1S/C25H29FN4O2S/c1-27-23-19-12-17(13-20(23)25(15-31)8-4-9-25)28-33-22-7-6-16(26)11-21(22)30(24(19)32)18-5-3-10-29(2)14-18/h6-7,11-13,15,18,27-28H,3-5,8-10,14H2,1-2H3.